The van der Waals surface area contributed by atoms with Crippen LogP contribution in [0.2, 0.25) is 0 Å². The van der Waals surface area contributed by atoms with E-state index in [1.54, 1.807) is 0 Å². The zero-order valence-electron chi connectivity index (χ0n) is 9.84. The highest BCUT2D eigenvalue weighted by molar-refractivity contribution is 4.76. The van der Waals surface area contributed by atoms with Gasteiger partial charge in [0.25, 0.3) is 0 Å². The lowest BCUT2D eigenvalue weighted by Crippen LogP contribution is -2.40. The Labute approximate surface area is 88.8 Å². The van der Waals surface area contributed by atoms with E-state index in [9.17, 15) is 0 Å². The van der Waals surface area contributed by atoms with E-state index in [1.807, 2.05) is 0 Å². The predicted octanol–water partition coefficient (Wildman–Crippen LogP) is 2.24. The van der Waals surface area contributed by atoms with Crippen molar-refractivity contribution in [2.75, 3.05) is 19.6 Å². The minimum Gasteiger partial charge on any atom is -0.330 e. The normalized spacial score (nSPS) is 29.4. The van der Waals surface area contributed by atoms with E-state index < -0.39 is 0 Å². The maximum absolute atomic E-state index is 5.48. The fraction of sp³-hybridized carbons (Fsp3) is 1.00. The molecule has 2 unspecified atom stereocenters. The maximum atomic E-state index is 5.48. The molecule has 2 atom stereocenters. The Kier molecular flexibility index (Phi) is 5.49. The third kappa shape index (κ3) is 3.97. The van der Waals surface area contributed by atoms with E-state index in [0.717, 1.165) is 18.5 Å². The summed E-state index contributed by atoms with van der Waals surface area (Å²) in [5, 5.41) is 0. The summed E-state index contributed by atoms with van der Waals surface area (Å²) in [4.78, 5) is 2.65. The van der Waals surface area contributed by atoms with E-state index in [2.05, 4.69) is 18.7 Å². The number of likely N-dealkylation sites (tertiary alicyclic amines) is 1. The van der Waals surface area contributed by atoms with Crippen LogP contribution in [0.4, 0.5) is 0 Å². The molecule has 0 aromatic heterocycles. The molecule has 2 nitrogen and oxygen atoms in total. The molecule has 2 heteroatoms. The van der Waals surface area contributed by atoms with Crippen LogP contribution in [0.25, 0.3) is 0 Å². The van der Waals surface area contributed by atoms with Gasteiger partial charge in [0, 0.05) is 6.04 Å². The molecule has 0 radical (unpaired) electrons. The average molecular weight is 198 g/mol. The molecule has 1 aliphatic rings. The van der Waals surface area contributed by atoms with Crippen molar-refractivity contribution in [1.29, 1.82) is 0 Å². The van der Waals surface area contributed by atoms with Crippen molar-refractivity contribution in [3.8, 4) is 0 Å². The molecule has 0 amide bonds. The van der Waals surface area contributed by atoms with Crippen LogP contribution in [-0.2, 0) is 0 Å². The minimum atomic E-state index is 0.802. The number of hydrogen-bond donors (Lipinski definition) is 1. The summed E-state index contributed by atoms with van der Waals surface area (Å²) in [5.41, 5.74) is 5.48. The Hall–Kier alpha value is -0.0800. The van der Waals surface area contributed by atoms with E-state index in [-0.39, 0.29) is 0 Å². The molecule has 1 fully saturated rings. The summed E-state index contributed by atoms with van der Waals surface area (Å²) in [6.07, 6.45) is 6.60. The molecular weight excluding hydrogens is 172 g/mol. The largest absolute Gasteiger partial charge is 0.330 e. The van der Waals surface area contributed by atoms with E-state index >= 15 is 0 Å². The Morgan fingerprint density at radius 2 is 2.00 bits per heavy atom. The lowest BCUT2D eigenvalue weighted by Gasteiger charge is -2.36. The molecule has 1 saturated heterocycles. The van der Waals surface area contributed by atoms with Gasteiger partial charge in [0.15, 0.2) is 0 Å². The first-order chi connectivity index (χ1) is 6.74. The fourth-order valence-corrected chi connectivity index (χ4v) is 2.42. The monoisotopic (exact) mass is 198 g/mol. The standard InChI is InChI=1S/C12H26N2/c1-11-6-9-14(12(2)10-11)8-5-3-4-7-13/h11-12H,3-10,13H2,1-2H3. The van der Waals surface area contributed by atoms with Gasteiger partial charge in [0.05, 0.1) is 0 Å². The first-order valence-electron chi connectivity index (χ1n) is 6.18. The van der Waals surface area contributed by atoms with Crippen molar-refractivity contribution in [2.45, 2.75) is 52.0 Å². The SMILES string of the molecule is CC1CCN(CCCCCN)C(C)C1. The van der Waals surface area contributed by atoms with Crippen LogP contribution in [0.3, 0.4) is 0 Å². The fourth-order valence-electron chi connectivity index (χ4n) is 2.42. The number of unbranched alkanes of at least 4 members (excludes halogenated alkanes) is 2. The lowest BCUT2D eigenvalue weighted by molar-refractivity contribution is 0.127. The average Bonchev–Trinajstić information content (AvgIpc) is 2.15. The molecule has 1 aliphatic heterocycles. The van der Waals surface area contributed by atoms with Crippen LogP contribution in [0.15, 0.2) is 0 Å². The zero-order valence-corrected chi connectivity index (χ0v) is 9.84. The van der Waals surface area contributed by atoms with Gasteiger partial charge in [-0.1, -0.05) is 13.3 Å². The third-order valence-electron chi connectivity index (χ3n) is 3.43. The van der Waals surface area contributed by atoms with Gasteiger partial charge in [0.1, 0.15) is 0 Å². The topological polar surface area (TPSA) is 29.3 Å². The molecule has 0 aromatic carbocycles. The number of hydrogen-bond acceptors (Lipinski definition) is 2. The van der Waals surface area contributed by atoms with Crippen LogP contribution in [0.1, 0.15) is 46.0 Å². The van der Waals surface area contributed by atoms with E-state index in [1.165, 1.54) is 45.2 Å². The van der Waals surface area contributed by atoms with Gasteiger partial charge >= 0.3 is 0 Å². The second kappa shape index (κ2) is 6.41. The molecule has 0 bridgehead atoms. The molecule has 0 aliphatic carbocycles. The van der Waals surface area contributed by atoms with Gasteiger partial charge in [-0.25, -0.2) is 0 Å². The summed E-state index contributed by atoms with van der Waals surface area (Å²) < 4.78 is 0. The van der Waals surface area contributed by atoms with Crippen LogP contribution in [0.5, 0.6) is 0 Å². The minimum absolute atomic E-state index is 0.802. The van der Waals surface area contributed by atoms with E-state index in [4.69, 9.17) is 5.73 Å². The number of nitrogens with two attached hydrogens (primary N) is 1. The van der Waals surface area contributed by atoms with Gasteiger partial charge < -0.3 is 10.6 Å². The molecule has 1 heterocycles. The molecule has 84 valence electrons. The van der Waals surface area contributed by atoms with Crippen LogP contribution >= 0.6 is 0 Å². The number of nitrogens with zero attached hydrogens (tertiary/aromatic N) is 1. The van der Waals surface area contributed by atoms with Gasteiger partial charge in [0.2, 0.25) is 0 Å². The van der Waals surface area contributed by atoms with Crippen molar-refractivity contribution < 1.29 is 0 Å². The van der Waals surface area contributed by atoms with Crippen molar-refractivity contribution in [2.24, 2.45) is 11.7 Å². The van der Waals surface area contributed by atoms with Gasteiger partial charge in [-0.2, -0.15) is 0 Å². The molecule has 14 heavy (non-hydrogen) atoms. The first-order valence-corrected chi connectivity index (χ1v) is 6.18. The molecule has 1 rings (SSSR count). The first kappa shape index (κ1) is 12.0. The molecule has 0 aromatic rings. The van der Waals surface area contributed by atoms with E-state index in [0.29, 0.717) is 0 Å². The molecular formula is C12H26N2. The molecule has 0 spiro atoms. The second-order valence-electron chi connectivity index (χ2n) is 4.86. The second-order valence-corrected chi connectivity index (χ2v) is 4.86. The van der Waals surface area contributed by atoms with Gasteiger partial charge in [-0.3, -0.25) is 0 Å². The van der Waals surface area contributed by atoms with Gasteiger partial charge in [-0.05, 0) is 58.2 Å². The Bertz CT molecular complexity index is 147. The summed E-state index contributed by atoms with van der Waals surface area (Å²) in [6, 6.07) is 0.802. The smallest absolute Gasteiger partial charge is 0.00694 e. The van der Waals surface area contributed by atoms with Crippen LogP contribution in [0, 0.1) is 5.92 Å². The Morgan fingerprint density at radius 3 is 2.64 bits per heavy atom. The number of piperidine rings is 1. The highest BCUT2D eigenvalue weighted by atomic mass is 15.2. The maximum Gasteiger partial charge on any atom is 0.00694 e. The van der Waals surface area contributed by atoms with Crippen LogP contribution in [-0.4, -0.2) is 30.6 Å². The Balaban J connectivity index is 2.11. The van der Waals surface area contributed by atoms with Crippen molar-refractivity contribution in [1.82, 2.24) is 4.90 Å². The predicted molar refractivity (Wildman–Crippen MR) is 62.3 cm³/mol. The summed E-state index contributed by atoms with van der Waals surface area (Å²) >= 11 is 0. The lowest BCUT2D eigenvalue weighted by atomic mass is 9.93. The number of rotatable bonds is 5. The third-order valence-corrected chi connectivity index (χ3v) is 3.43. The molecule has 0 saturated carbocycles. The Morgan fingerprint density at radius 1 is 1.21 bits per heavy atom. The van der Waals surface area contributed by atoms with Gasteiger partial charge in [-0.15, -0.1) is 0 Å². The van der Waals surface area contributed by atoms with Crippen LogP contribution < -0.4 is 5.73 Å². The van der Waals surface area contributed by atoms with Crippen molar-refractivity contribution >= 4 is 0 Å². The summed E-state index contributed by atoms with van der Waals surface area (Å²) in [6.45, 7) is 8.20. The zero-order chi connectivity index (χ0) is 10.4. The highest BCUT2D eigenvalue weighted by Crippen LogP contribution is 2.22. The quantitative estimate of drug-likeness (QED) is 0.686. The highest BCUT2D eigenvalue weighted by Gasteiger charge is 2.21. The summed E-state index contributed by atoms with van der Waals surface area (Å²) in [7, 11) is 0. The van der Waals surface area contributed by atoms with Crippen molar-refractivity contribution in [3.05, 3.63) is 0 Å². The summed E-state index contributed by atoms with van der Waals surface area (Å²) in [5.74, 6) is 0.935. The molecule has 2 N–H and O–H groups in total. The van der Waals surface area contributed by atoms with Crippen molar-refractivity contribution in [3.63, 3.8) is 0 Å².